The van der Waals surface area contributed by atoms with Crippen molar-refractivity contribution in [2.24, 2.45) is 0 Å². The molecule has 0 bridgehead atoms. The number of halogens is 1. The number of anilines is 1. The zero-order chi connectivity index (χ0) is 26.0. The van der Waals surface area contributed by atoms with E-state index in [0.717, 1.165) is 24.7 Å². The first-order valence-electron chi connectivity index (χ1n) is 11.9. The predicted octanol–water partition coefficient (Wildman–Crippen LogP) is 4.01. The molecule has 1 unspecified atom stereocenters. The number of hydrogen-bond acceptors (Lipinski definition) is 4. The average molecular weight is 506 g/mol. The minimum atomic E-state index is -3.54. The van der Waals surface area contributed by atoms with Crippen LogP contribution >= 0.6 is 0 Å². The van der Waals surface area contributed by atoms with Crippen molar-refractivity contribution < 1.29 is 22.4 Å². The normalized spacial score (nSPS) is 12.1. The third-order valence-corrected chi connectivity index (χ3v) is 6.90. The molecule has 0 aliphatic carbocycles. The number of sulfonamides is 1. The summed E-state index contributed by atoms with van der Waals surface area (Å²) >= 11 is 0. The molecule has 0 spiro atoms. The number of nitrogens with zero attached hydrogens (tertiary/aromatic N) is 2. The maximum atomic E-state index is 13.3. The Hall–Kier alpha value is -2.94. The molecule has 0 aliphatic heterocycles. The van der Waals surface area contributed by atoms with Gasteiger partial charge in [-0.2, -0.15) is 0 Å². The molecule has 2 aromatic rings. The van der Waals surface area contributed by atoms with Crippen LogP contribution in [0.1, 0.15) is 50.7 Å². The van der Waals surface area contributed by atoms with Crippen LogP contribution in [0.5, 0.6) is 0 Å². The molecule has 2 aromatic carbocycles. The lowest BCUT2D eigenvalue weighted by Gasteiger charge is -2.29. The van der Waals surface area contributed by atoms with Crippen molar-refractivity contribution in [1.29, 1.82) is 0 Å². The van der Waals surface area contributed by atoms with Gasteiger partial charge in [-0.05, 0) is 62.1 Å². The van der Waals surface area contributed by atoms with Crippen LogP contribution in [0.3, 0.4) is 0 Å². The Kier molecular flexibility index (Phi) is 10.7. The highest BCUT2D eigenvalue weighted by Crippen LogP contribution is 2.20. The molecule has 0 fully saturated rings. The maximum absolute atomic E-state index is 13.3. The van der Waals surface area contributed by atoms with Gasteiger partial charge in [0.1, 0.15) is 11.9 Å². The number of carbonyl (C=O) groups excluding carboxylic acids is 2. The number of rotatable bonds is 13. The molecule has 1 N–H and O–H groups in total. The van der Waals surface area contributed by atoms with E-state index < -0.39 is 16.1 Å². The number of hydrogen-bond donors (Lipinski definition) is 1. The minimum Gasteiger partial charge on any atom is -0.354 e. The van der Waals surface area contributed by atoms with Crippen molar-refractivity contribution in [2.75, 3.05) is 23.7 Å². The highest BCUT2D eigenvalue weighted by Gasteiger charge is 2.26. The number of aryl methyl sites for hydroxylation is 1. The van der Waals surface area contributed by atoms with Crippen molar-refractivity contribution in [1.82, 2.24) is 10.2 Å². The van der Waals surface area contributed by atoms with E-state index >= 15 is 0 Å². The van der Waals surface area contributed by atoms with Gasteiger partial charge < -0.3 is 10.2 Å². The highest BCUT2D eigenvalue weighted by molar-refractivity contribution is 7.92. The molecule has 0 saturated carbocycles. The first-order valence-corrected chi connectivity index (χ1v) is 13.7. The maximum Gasteiger partial charge on any atom is 0.242 e. The predicted molar refractivity (Wildman–Crippen MR) is 137 cm³/mol. The topological polar surface area (TPSA) is 86.8 Å². The molecule has 0 aromatic heterocycles. The molecule has 192 valence electrons. The smallest absolute Gasteiger partial charge is 0.242 e. The molecule has 0 saturated heterocycles. The molecule has 0 aliphatic rings. The fraction of sp³-hybridized carbons (Fsp3) is 0.462. The molecular formula is C26H36FN3O4S. The van der Waals surface area contributed by atoms with Crippen molar-refractivity contribution >= 4 is 27.5 Å². The standard InChI is InChI=1S/C26H36FN3O4S/c1-5-6-16-28-26(32)21(3)29(19-22-12-14-23(27)15-13-22)25(31)11-8-17-30(35(4,33)34)24-10-7-9-20(2)18-24/h7,9-10,12-15,18,21H,5-6,8,11,16-17,19H2,1-4H3,(H,28,32). The Balaban J connectivity index is 2.13. The van der Waals surface area contributed by atoms with Crippen LogP contribution < -0.4 is 9.62 Å². The fourth-order valence-corrected chi connectivity index (χ4v) is 4.65. The Morgan fingerprint density at radius 3 is 2.37 bits per heavy atom. The van der Waals surface area contributed by atoms with Crippen molar-refractivity contribution in [3.05, 3.63) is 65.5 Å². The largest absolute Gasteiger partial charge is 0.354 e. The molecule has 0 heterocycles. The molecule has 2 amide bonds. The first kappa shape index (κ1) is 28.3. The van der Waals surface area contributed by atoms with E-state index in [2.05, 4.69) is 5.32 Å². The SMILES string of the molecule is CCCCNC(=O)C(C)N(Cc1ccc(F)cc1)C(=O)CCCN(c1cccc(C)c1)S(C)(=O)=O. The van der Waals surface area contributed by atoms with Gasteiger partial charge in [0.2, 0.25) is 21.8 Å². The van der Waals surface area contributed by atoms with Gasteiger partial charge in [-0.1, -0.05) is 37.6 Å². The summed E-state index contributed by atoms with van der Waals surface area (Å²) in [6, 6.07) is 12.2. The van der Waals surface area contributed by atoms with Gasteiger partial charge in [-0.15, -0.1) is 0 Å². The van der Waals surface area contributed by atoms with Gasteiger partial charge in [-0.3, -0.25) is 13.9 Å². The molecule has 35 heavy (non-hydrogen) atoms. The number of unbranched alkanes of at least 4 members (excludes halogenated alkanes) is 1. The van der Waals surface area contributed by atoms with Crippen LogP contribution in [0.25, 0.3) is 0 Å². The van der Waals surface area contributed by atoms with Gasteiger partial charge in [-0.25, -0.2) is 12.8 Å². The van der Waals surface area contributed by atoms with Crippen molar-refractivity contribution in [2.45, 2.75) is 59.0 Å². The van der Waals surface area contributed by atoms with E-state index in [1.54, 1.807) is 37.3 Å². The van der Waals surface area contributed by atoms with E-state index in [4.69, 9.17) is 0 Å². The molecular weight excluding hydrogens is 469 g/mol. The third kappa shape index (κ3) is 8.98. The molecule has 2 rings (SSSR count). The van der Waals surface area contributed by atoms with Crippen LogP contribution in [-0.4, -0.2) is 50.5 Å². The Morgan fingerprint density at radius 2 is 1.77 bits per heavy atom. The highest BCUT2D eigenvalue weighted by atomic mass is 32.2. The zero-order valence-electron chi connectivity index (χ0n) is 21.0. The lowest BCUT2D eigenvalue weighted by Crippen LogP contribution is -2.48. The van der Waals surface area contributed by atoms with E-state index in [-0.39, 0.29) is 43.6 Å². The summed E-state index contributed by atoms with van der Waals surface area (Å²) < 4.78 is 39.4. The van der Waals surface area contributed by atoms with E-state index in [0.29, 0.717) is 17.8 Å². The summed E-state index contributed by atoms with van der Waals surface area (Å²) in [7, 11) is -3.54. The van der Waals surface area contributed by atoms with Gasteiger partial charge in [0.25, 0.3) is 0 Å². The Labute approximate surface area is 208 Å². The van der Waals surface area contributed by atoms with Crippen LogP contribution in [0.2, 0.25) is 0 Å². The molecule has 9 heteroatoms. The summed E-state index contributed by atoms with van der Waals surface area (Å²) in [5.41, 5.74) is 2.18. The molecule has 0 radical (unpaired) electrons. The van der Waals surface area contributed by atoms with Crippen molar-refractivity contribution in [3.8, 4) is 0 Å². The zero-order valence-corrected chi connectivity index (χ0v) is 21.8. The third-order valence-electron chi connectivity index (χ3n) is 5.70. The van der Waals surface area contributed by atoms with E-state index in [9.17, 15) is 22.4 Å². The van der Waals surface area contributed by atoms with Crippen molar-refractivity contribution in [3.63, 3.8) is 0 Å². The summed E-state index contributed by atoms with van der Waals surface area (Å²) in [5.74, 6) is -0.911. The monoisotopic (exact) mass is 505 g/mol. The molecule has 1 atom stereocenters. The van der Waals surface area contributed by atoms with Gasteiger partial charge >= 0.3 is 0 Å². The van der Waals surface area contributed by atoms with Crippen LogP contribution in [0.4, 0.5) is 10.1 Å². The van der Waals surface area contributed by atoms with Crippen LogP contribution in [0, 0.1) is 12.7 Å². The number of nitrogens with one attached hydrogen (secondary N) is 1. The first-order chi connectivity index (χ1) is 16.5. The molecule has 7 nitrogen and oxygen atoms in total. The Bertz CT molecular complexity index is 1090. The second kappa shape index (κ2) is 13.2. The number of amides is 2. The van der Waals surface area contributed by atoms with Crippen LogP contribution in [-0.2, 0) is 26.2 Å². The van der Waals surface area contributed by atoms with Gasteiger partial charge in [0.15, 0.2) is 0 Å². The Morgan fingerprint density at radius 1 is 1.09 bits per heavy atom. The number of benzene rings is 2. The second-order valence-electron chi connectivity index (χ2n) is 8.75. The second-order valence-corrected chi connectivity index (χ2v) is 10.7. The van der Waals surface area contributed by atoms with Gasteiger partial charge in [0, 0.05) is 26.1 Å². The minimum absolute atomic E-state index is 0.0611. The summed E-state index contributed by atoms with van der Waals surface area (Å²) in [6.07, 6.45) is 3.26. The lowest BCUT2D eigenvalue weighted by atomic mass is 10.1. The van der Waals surface area contributed by atoms with Gasteiger partial charge in [0.05, 0.1) is 11.9 Å². The lowest BCUT2D eigenvalue weighted by molar-refractivity contribution is -0.140. The summed E-state index contributed by atoms with van der Waals surface area (Å²) in [5, 5.41) is 2.85. The van der Waals surface area contributed by atoms with E-state index in [1.807, 2.05) is 19.9 Å². The number of carbonyl (C=O) groups is 2. The fourth-order valence-electron chi connectivity index (χ4n) is 3.69. The average Bonchev–Trinajstić information content (AvgIpc) is 2.80. The quantitative estimate of drug-likeness (QED) is 0.417. The van der Waals surface area contributed by atoms with E-state index in [1.165, 1.54) is 21.3 Å². The van der Waals surface area contributed by atoms with Crippen LogP contribution in [0.15, 0.2) is 48.5 Å². The summed E-state index contributed by atoms with van der Waals surface area (Å²) in [6.45, 7) is 6.38. The summed E-state index contributed by atoms with van der Waals surface area (Å²) in [4.78, 5) is 27.4.